The van der Waals surface area contributed by atoms with Crippen molar-refractivity contribution in [3.8, 4) is 18.2 Å². The van der Waals surface area contributed by atoms with Gasteiger partial charge in [-0.05, 0) is 37.7 Å². The van der Waals surface area contributed by atoms with Gasteiger partial charge in [0.05, 0.1) is 5.57 Å². The molecule has 0 saturated heterocycles. The summed E-state index contributed by atoms with van der Waals surface area (Å²) in [5.41, 5.74) is 0.736. The van der Waals surface area contributed by atoms with E-state index in [1.807, 2.05) is 19.1 Å². The Bertz CT molecular complexity index is 569. The van der Waals surface area contributed by atoms with Crippen LogP contribution in [-0.4, -0.2) is 5.60 Å². The first-order valence-electron chi connectivity index (χ1n) is 8.01. The quantitative estimate of drug-likeness (QED) is 0.639. The van der Waals surface area contributed by atoms with Crippen molar-refractivity contribution in [1.29, 1.82) is 15.8 Å². The topological polar surface area (TPSA) is 80.6 Å². The van der Waals surface area contributed by atoms with E-state index in [9.17, 15) is 5.26 Å². The highest BCUT2D eigenvalue weighted by Crippen LogP contribution is 2.47. The van der Waals surface area contributed by atoms with Crippen LogP contribution in [0, 0.1) is 34.0 Å². The van der Waals surface area contributed by atoms with Gasteiger partial charge in [0.15, 0.2) is 11.3 Å². The number of nitriles is 3. The average Bonchev–Trinajstić information content (AvgIpc) is 2.86. The molecule has 0 aromatic heterocycles. The summed E-state index contributed by atoms with van der Waals surface area (Å²) < 4.78 is 6.14. The molecule has 0 aromatic rings. The molecule has 0 N–H and O–H groups in total. The first-order valence-corrected chi connectivity index (χ1v) is 8.01. The molecule has 0 amide bonds. The number of hydrogen-bond donors (Lipinski definition) is 0. The minimum Gasteiger partial charge on any atom is -0.479 e. The Balaban J connectivity index is 3.44. The Morgan fingerprint density at radius 2 is 1.55 bits per heavy atom. The van der Waals surface area contributed by atoms with Crippen molar-refractivity contribution in [3.63, 3.8) is 0 Å². The molecular weight excluding hydrogens is 274 g/mol. The molecule has 116 valence electrons. The lowest BCUT2D eigenvalue weighted by Gasteiger charge is -2.32. The van der Waals surface area contributed by atoms with Gasteiger partial charge in [0, 0.05) is 0 Å². The highest BCUT2D eigenvalue weighted by molar-refractivity contribution is 5.57. The van der Waals surface area contributed by atoms with Crippen LogP contribution in [0.1, 0.15) is 65.7 Å². The monoisotopic (exact) mass is 297 g/mol. The van der Waals surface area contributed by atoms with E-state index >= 15 is 0 Å². The lowest BCUT2D eigenvalue weighted by Crippen LogP contribution is -2.31. The summed E-state index contributed by atoms with van der Waals surface area (Å²) in [5.74, 6) is 0.191. The minimum atomic E-state index is -0.514. The second-order valence-electron chi connectivity index (χ2n) is 5.55. The number of nitrogens with zero attached hydrogens (tertiary/aromatic N) is 3. The Kier molecular flexibility index (Phi) is 6.68. The standard InChI is InChI=1S/C18H23N3O/c1-4-7-9-18(10-8-5-2)16(6-3)15(13-21)17(22-18)14(11-19)12-20/h4-10H2,1-3H3. The van der Waals surface area contributed by atoms with Gasteiger partial charge < -0.3 is 4.74 Å². The van der Waals surface area contributed by atoms with E-state index in [0.717, 1.165) is 44.1 Å². The van der Waals surface area contributed by atoms with Gasteiger partial charge in [-0.25, -0.2) is 0 Å². The summed E-state index contributed by atoms with van der Waals surface area (Å²) in [4.78, 5) is 0. The molecule has 4 heteroatoms. The zero-order valence-electron chi connectivity index (χ0n) is 13.7. The second-order valence-corrected chi connectivity index (χ2v) is 5.55. The molecule has 0 radical (unpaired) electrons. The maximum absolute atomic E-state index is 9.52. The molecular formula is C18H23N3O. The van der Waals surface area contributed by atoms with Gasteiger partial charge in [-0.3, -0.25) is 0 Å². The third-order valence-corrected chi connectivity index (χ3v) is 4.16. The highest BCUT2D eigenvalue weighted by Gasteiger charge is 2.44. The van der Waals surface area contributed by atoms with Crippen LogP contribution in [0.2, 0.25) is 0 Å². The van der Waals surface area contributed by atoms with Crippen LogP contribution < -0.4 is 0 Å². The van der Waals surface area contributed by atoms with Crippen LogP contribution in [-0.2, 0) is 4.74 Å². The number of allylic oxidation sites excluding steroid dienone is 2. The van der Waals surface area contributed by atoms with E-state index in [2.05, 4.69) is 19.9 Å². The van der Waals surface area contributed by atoms with E-state index in [1.165, 1.54) is 0 Å². The number of hydrogen-bond acceptors (Lipinski definition) is 4. The third-order valence-electron chi connectivity index (χ3n) is 4.16. The van der Waals surface area contributed by atoms with E-state index in [-0.39, 0.29) is 11.3 Å². The van der Waals surface area contributed by atoms with E-state index in [0.29, 0.717) is 12.0 Å². The molecule has 1 rings (SSSR count). The van der Waals surface area contributed by atoms with Gasteiger partial charge in [0.25, 0.3) is 0 Å². The zero-order valence-corrected chi connectivity index (χ0v) is 13.7. The Labute approximate surface area is 133 Å². The molecule has 4 nitrogen and oxygen atoms in total. The SMILES string of the molecule is CCCCC1(CCCC)OC(=C(C#N)C#N)C(C#N)=C1CC. The molecule has 0 saturated carbocycles. The van der Waals surface area contributed by atoms with Gasteiger partial charge in [-0.1, -0.05) is 33.6 Å². The molecule has 0 spiro atoms. The summed E-state index contributed by atoms with van der Waals surface area (Å²) >= 11 is 0. The van der Waals surface area contributed by atoms with Crippen molar-refractivity contribution < 1.29 is 4.74 Å². The van der Waals surface area contributed by atoms with Crippen molar-refractivity contribution in [2.45, 2.75) is 71.3 Å². The van der Waals surface area contributed by atoms with Gasteiger partial charge in [0.1, 0.15) is 23.8 Å². The van der Waals surface area contributed by atoms with E-state index < -0.39 is 5.60 Å². The second kappa shape index (κ2) is 8.26. The summed E-state index contributed by atoms with van der Waals surface area (Å²) in [6.45, 7) is 6.25. The number of unbranched alkanes of at least 4 members (excludes halogenated alkanes) is 2. The van der Waals surface area contributed by atoms with Crippen LogP contribution in [0.3, 0.4) is 0 Å². The zero-order chi connectivity index (χ0) is 16.6. The molecule has 0 bridgehead atoms. The maximum atomic E-state index is 9.52. The fourth-order valence-electron chi connectivity index (χ4n) is 3.05. The summed E-state index contributed by atoms with van der Waals surface area (Å²) in [6.07, 6.45) is 6.42. The highest BCUT2D eigenvalue weighted by atomic mass is 16.5. The van der Waals surface area contributed by atoms with Crippen LogP contribution in [0.25, 0.3) is 0 Å². The molecule has 1 aliphatic rings. The fraction of sp³-hybridized carbons (Fsp3) is 0.611. The van der Waals surface area contributed by atoms with Crippen molar-refractivity contribution in [1.82, 2.24) is 0 Å². The molecule has 0 unspecified atom stereocenters. The summed E-state index contributed by atoms with van der Waals surface area (Å²) in [6, 6.07) is 5.89. The number of ether oxygens (including phenoxy) is 1. The molecule has 0 atom stereocenters. The van der Waals surface area contributed by atoms with Gasteiger partial charge in [-0.2, -0.15) is 15.8 Å². The minimum absolute atomic E-state index is 0.0997. The predicted octanol–water partition coefficient (Wildman–Crippen LogP) is 4.67. The Morgan fingerprint density at radius 1 is 1.00 bits per heavy atom. The van der Waals surface area contributed by atoms with Crippen molar-refractivity contribution >= 4 is 0 Å². The maximum Gasteiger partial charge on any atom is 0.172 e. The van der Waals surface area contributed by atoms with Gasteiger partial charge in [0.2, 0.25) is 0 Å². The number of rotatable bonds is 7. The normalized spacial score (nSPS) is 15.7. The predicted molar refractivity (Wildman–Crippen MR) is 84.0 cm³/mol. The smallest absolute Gasteiger partial charge is 0.172 e. The third kappa shape index (κ3) is 3.32. The van der Waals surface area contributed by atoms with Gasteiger partial charge >= 0.3 is 0 Å². The van der Waals surface area contributed by atoms with Gasteiger partial charge in [-0.15, -0.1) is 0 Å². The largest absolute Gasteiger partial charge is 0.479 e. The summed E-state index contributed by atoms with van der Waals surface area (Å²) in [5, 5.41) is 27.8. The molecule has 0 aromatic carbocycles. The van der Waals surface area contributed by atoms with Crippen LogP contribution in [0.5, 0.6) is 0 Å². The average molecular weight is 297 g/mol. The molecule has 0 aliphatic carbocycles. The van der Waals surface area contributed by atoms with Crippen LogP contribution >= 0.6 is 0 Å². The van der Waals surface area contributed by atoms with Crippen LogP contribution in [0.4, 0.5) is 0 Å². The first-order chi connectivity index (χ1) is 10.6. The summed E-state index contributed by atoms with van der Waals surface area (Å²) in [7, 11) is 0. The molecule has 22 heavy (non-hydrogen) atoms. The Hall–Kier alpha value is -2.25. The molecule has 1 heterocycles. The first kappa shape index (κ1) is 17.8. The fourth-order valence-corrected chi connectivity index (χ4v) is 3.05. The van der Waals surface area contributed by atoms with Crippen molar-refractivity contribution in [2.75, 3.05) is 0 Å². The molecule has 0 fully saturated rings. The van der Waals surface area contributed by atoms with Crippen molar-refractivity contribution in [2.24, 2.45) is 0 Å². The lowest BCUT2D eigenvalue weighted by molar-refractivity contribution is 0.0349. The van der Waals surface area contributed by atoms with Crippen molar-refractivity contribution in [3.05, 3.63) is 22.5 Å². The molecule has 1 aliphatic heterocycles. The Morgan fingerprint density at radius 3 is 1.91 bits per heavy atom. The van der Waals surface area contributed by atoms with Crippen LogP contribution in [0.15, 0.2) is 22.5 Å². The van der Waals surface area contributed by atoms with E-state index in [1.54, 1.807) is 0 Å². The van der Waals surface area contributed by atoms with E-state index in [4.69, 9.17) is 15.3 Å². The lowest BCUT2D eigenvalue weighted by atomic mass is 9.81.